The molecule has 0 atom stereocenters. The van der Waals surface area contributed by atoms with E-state index in [9.17, 15) is 0 Å². The summed E-state index contributed by atoms with van der Waals surface area (Å²) in [5.74, 6) is 0. The van der Waals surface area contributed by atoms with Gasteiger partial charge in [0.2, 0.25) is 0 Å². The van der Waals surface area contributed by atoms with Crippen molar-refractivity contribution in [1.82, 2.24) is 15.3 Å². The van der Waals surface area contributed by atoms with Crippen molar-refractivity contribution in [2.45, 2.75) is 27.2 Å². The van der Waals surface area contributed by atoms with Crippen molar-refractivity contribution in [1.29, 1.82) is 0 Å². The zero-order valence-electron chi connectivity index (χ0n) is 11.7. The number of rotatable bonds is 2. The highest BCUT2D eigenvalue weighted by molar-refractivity contribution is 7.80. The van der Waals surface area contributed by atoms with Crippen molar-refractivity contribution in [3.05, 3.63) is 30.1 Å². The van der Waals surface area contributed by atoms with Crippen LogP contribution in [0.1, 0.15) is 32.9 Å². The van der Waals surface area contributed by atoms with Crippen molar-refractivity contribution in [2.24, 2.45) is 10.5 Å². The Bertz CT molecular complexity index is 472. The fraction of sp³-hybridized carbons (Fsp3) is 0.500. The molecule has 1 aliphatic rings. The number of nitrogens with zero attached hydrogens (tertiary/aromatic N) is 3. The first-order valence-corrected chi connectivity index (χ1v) is 6.94. The predicted octanol–water partition coefficient (Wildman–Crippen LogP) is 2.41. The molecule has 5 heteroatoms. The summed E-state index contributed by atoms with van der Waals surface area (Å²) in [5.41, 5.74) is 4.70. The second kappa shape index (κ2) is 5.65. The first-order chi connectivity index (χ1) is 8.98. The Labute approximate surface area is 119 Å². The minimum Gasteiger partial charge on any atom is -0.348 e. The monoisotopic (exact) mass is 276 g/mol. The summed E-state index contributed by atoms with van der Waals surface area (Å²) in [6.07, 6.45) is 2.99. The topological polar surface area (TPSA) is 40.5 Å². The Balaban J connectivity index is 2.16. The molecule has 0 aromatic carbocycles. The standard InChI is InChI=1S/C14H20N4S/c1-14(2,3)12(11-7-4-5-8-15-11)16-17-13(19)18-9-6-10-18/h4-5,7-8H,6,9-10H2,1-3H3,(H,17,19)/b16-12-. The number of likely N-dealkylation sites (tertiary alicyclic amines) is 1. The number of hydrazone groups is 1. The molecule has 19 heavy (non-hydrogen) atoms. The zero-order chi connectivity index (χ0) is 13.9. The van der Waals surface area contributed by atoms with E-state index in [0.29, 0.717) is 5.11 Å². The second-order valence-electron chi connectivity index (χ2n) is 5.68. The summed E-state index contributed by atoms with van der Waals surface area (Å²) < 4.78 is 0. The van der Waals surface area contributed by atoms with Crippen LogP contribution in [0.15, 0.2) is 29.5 Å². The Morgan fingerprint density at radius 2 is 2.11 bits per heavy atom. The van der Waals surface area contributed by atoms with E-state index >= 15 is 0 Å². The van der Waals surface area contributed by atoms with Gasteiger partial charge < -0.3 is 4.90 Å². The van der Waals surface area contributed by atoms with Crippen LogP contribution in [0, 0.1) is 5.41 Å². The number of aromatic nitrogens is 1. The average Bonchev–Trinajstić information content (AvgIpc) is 2.26. The molecular formula is C14H20N4S. The molecular weight excluding hydrogens is 256 g/mol. The van der Waals surface area contributed by atoms with Gasteiger partial charge in [-0.2, -0.15) is 5.10 Å². The highest BCUT2D eigenvalue weighted by Crippen LogP contribution is 2.20. The lowest BCUT2D eigenvalue weighted by Gasteiger charge is -2.32. The molecule has 0 spiro atoms. The molecule has 0 amide bonds. The maximum absolute atomic E-state index is 5.31. The summed E-state index contributed by atoms with van der Waals surface area (Å²) in [6, 6.07) is 5.84. The van der Waals surface area contributed by atoms with E-state index in [-0.39, 0.29) is 5.41 Å². The molecule has 4 nitrogen and oxygen atoms in total. The van der Waals surface area contributed by atoms with Gasteiger partial charge in [0.15, 0.2) is 5.11 Å². The molecule has 1 saturated heterocycles. The molecule has 1 fully saturated rings. The lowest BCUT2D eigenvalue weighted by Crippen LogP contribution is -2.46. The van der Waals surface area contributed by atoms with Crippen LogP contribution in [0.4, 0.5) is 0 Å². The van der Waals surface area contributed by atoms with E-state index in [0.717, 1.165) is 24.5 Å². The van der Waals surface area contributed by atoms with Crippen LogP contribution < -0.4 is 5.43 Å². The average molecular weight is 276 g/mol. The summed E-state index contributed by atoms with van der Waals surface area (Å²) >= 11 is 5.31. The van der Waals surface area contributed by atoms with E-state index in [4.69, 9.17) is 12.2 Å². The van der Waals surface area contributed by atoms with Gasteiger partial charge in [-0.15, -0.1) is 0 Å². The lowest BCUT2D eigenvalue weighted by molar-refractivity contribution is 0.296. The molecule has 0 bridgehead atoms. The van der Waals surface area contributed by atoms with Crippen LogP contribution in [-0.4, -0.2) is 33.8 Å². The lowest BCUT2D eigenvalue weighted by atomic mass is 9.88. The fourth-order valence-corrected chi connectivity index (χ4v) is 2.03. The van der Waals surface area contributed by atoms with Gasteiger partial charge in [-0.3, -0.25) is 10.4 Å². The van der Waals surface area contributed by atoms with Crippen molar-refractivity contribution in [3.8, 4) is 0 Å². The highest BCUT2D eigenvalue weighted by Gasteiger charge is 2.23. The Morgan fingerprint density at radius 3 is 2.58 bits per heavy atom. The molecule has 1 aromatic heterocycles. The molecule has 1 N–H and O–H groups in total. The second-order valence-corrected chi connectivity index (χ2v) is 6.07. The molecule has 0 unspecified atom stereocenters. The molecule has 0 aliphatic carbocycles. The van der Waals surface area contributed by atoms with Gasteiger partial charge in [0, 0.05) is 24.7 Å². The van der Waals surface area contributed by atoms with Gasteiger partial charge in [0.05, 0.1) is 11.4 Å². The number of pyridine rings is 1. The third-order valence-electron chi connectivity index (χ3n) is 3.02. The van der Waals surface area contributed by atoms with E-state index in [1.165, 1.54) is 6.42 Å². The van der Waals surface area contributed by atoms with Crippen LogP contribution in [0.25, 0.3) is 0 Å². The first-order valence-electron chi connectivity index (χ1n) is 6.53. The normalized spacial score (nSPS) is 15.9. The Hall–Kier alpha value is -1.49. The Kier molecular flexibility index (Phi) is 4.14. The predicted molar refractivity (Wildman–Crippen MR) is 82.2 cm³/mol. The minimum atomic E-state index is -0.0914. The molecule has 1 aliphatic heterocycles. The number of nitrogens with one attached hydrogen (secondary N) is 1. The van der Waals surface area contributed by atoms with Crippen LogP contribution in [0.2, 0.25) is 0 Å². The van der Waals surface area contributed by atoms with E-state index in [1.807, 2.05) is 18.2 Å². The summed E-state index contributed by atoms with van der Waals surface area (Å²) in [5, 5.41) is 5.19. The number of hydrogen-bond donors (Lipinski definition) is 1. The molecule has 2 rings (SSSR count). The molecule has 0 radical (unpaired) electrons. The van der Waals surface area contributed by atoms with Crippen molar-refractivity contribution >= 4 is 23.0 Å². The number of hydrogen-bond acceptors (Lipinski definition) is 3. The van der Waals surface area contributed by atoms with Gasteiger partial charge in [-0.05, 0) is 30.8 Å². The van der Waals surface area contributed by atoms with Crippen molar-refractivity contribution in [2.75, 3.05) is 13.1 Å². The van der Waals surface area contributed by atoms with Gasteiger partial charge in [-0.1, -0.05) is 26.8 Å². The van der Waals surface area contributed by atoms with Crippen LogP contribution in [0.5, 0.6) is 0 Å². The van der Waals surface area contributed by atoms with E-state index in [1.54, 1.807) is 6.20 Å². The maximum atomic E-state index is 5.31. The van der Waals surface area contributed by atoms with Gasteiger partial charge in [-0.25, -0.2) is 0 Å². The molecule has 0 saturated carbocycles. The van der Waals surface area contributed by atoms with Gasteiger partial charge in [0.1, 0.15) is 0 Å². The summed E-state index contributed by atoms with van der Waals surface area (Å²) in [4.78, 5) is 6.48. The third kappa shape index (κ3) is 3.50. The maximum Gasteiger partial charge on any atom is 0.189 e. The van der Waals surface area contributed by atoms with Gasteiger partial charge in [0.25, 0.3) is 0 Å². The zero-order valence-corrected chi connectivity index (χ0v) is 12.5. The first kappa shape index (κ1) is 13.9. The SMILES string of the molecule is CC(C)(C)/C(=N\NC(=S)N1CCC1)c1ccccn1. The van der Waals surface area contributed by atoms with Crippen LogP contribution >= 0.6 is 12.2 Å². The molecule has 2 heterocycles. The minimum absolute atomic E-state index is 0.0914. The quantitative estimate of drug-likeness (QED) is 0.511. The summed E-state index contributed by atoms with van der Waals surface area (Å²) in [7, 11) is 0. The Morgan fingerprint density at radius 1 is 1.37 bits per heavy atom. The highest BCUT2D eigenvalue weighted by atomic mass is 32.1. The summed E-state index contributed by atoms with van der Waals surface area (Å²) in [6.45, 7) is 8.41. The van der Waals surface area contributed by atoms with E-state index < -0.39 is 0 Å². The largest absolute Gasteiger partial charge is 0.348 e. The third-order valence-corrected chi connectivity index (χ3v) is 3.37. The van der Waals surface area contributed by atoms with Crippen molar-refractivity contribution in [3.63, 3.8) is 0 Å². The van der Waals surface area contributed by atoms with E-state index in [2.05, 4.69) is 41.2 Å². The van der Waals surface area contributed by atoms with Crippen molar-refractivity contribution < 1.29 is 0 Å². The molecule has 102 valence electrons. The molecule has 1 aromatic rings. The fourth-order valence-electron chi connectivity index (χ4n) is 1.81. The van der Waals surface area contributed by atoms with Gasteiger partial charge >= 0.3 is 0 Å². The number of thiocarbonyl (C=S) groups is 1. The van der Waals surface area contributed by atoms with Crippen LogP contribution in [0.3, 0.4) is 0 Å². The smallest absolute Gasteiger partial charge is 0.189 e. The van der Waals surface area contributed by atoms with Crippen LogP contribution in [-0.2, 0) is 0 Å².